The van der Waals surface area contributed by atoms with Crippen LogP contribution in [-0.2, 0) is 14.3 Å². The van der Waals surface area contributed by atoms with Gasteiger partial charge in [0.15, 0.2) is 0 Å². The van der Waals surface area contributed by atoms with Crippen LogP contribution >= 0.6 is 0 Å². The molecule has 0 aliphatic heterocycles. The third-order valence-electron chi connectivity index (χ3n) is 16.2. The highest BCUT2D eigenvalue weighted by Gasteiger charge is 2.18. The number of amides is 1. The number of hydrogen-bond donors (Lipinski definition) is 3. The number of aliphatic hydroxyl groups excluding tert-OH is 2. The monoisotopic (exact) mass is 1080 g/mol. The summed E-state index contributed by atoms with van der Waals surface area (Å²) in [5, 5.41) is 23.1. The van der Waals surface area contributed by atoms with Crippen LogP contribution in [0.4, 0.5) is 0 Å². The molecule has 2 unspecified atom stereocenters. The van der Waals surface area contributed by atoms with E-state index in [1.165, 1.54) is 308 Å². The van der Waals surface area contributed by atoms with Crippen LogP contribution in [0.25, 0.3) is 0 Å². The summed E-state index contributed by atoms with van der Waals surface area (Å²) >= 11 is 0. The Morgan fingerprint density at radius 2 is 0.649 bits per heavy atom. The van der Waals surface area contributed by atoms with E-state index < -0.39 is 12.1 Å². The summed E-state index contributed by atoms with van der Waals surface area (Å²) in [4.78, 5) is 24.6. The standard InChI is InChI=1S/C71H135NO5/c1-3-5-7-9-11-13-15-17-18-19-31-35-38-41-45-49-53-57-61-65-71(76)77-66-62-58-54-50-46-42-39-36-33-30-28-26-24-22-20-21-23-25-27-29-32-34-37-40-44-48-52-56-60-64-70(75)72-68(67-73)69(74)63-59-55-51-47-43-16-14-12-10-8-6-4-2/h20,22,26,28,59,63,68-69,73-74H,3-19,21,23-25,27,29-58,60-62,64-67H2,1-2H3,(H,72,75)/b22-20-,28-26-,63-59+. The first-order chi connectivity index (χ1) is 38.0. The van der Waals surface area contributed by atoms with Gasteiger partial charge in [-0.1, -0.05) is 339 Å². The van der Waals surface area contributed by atoms with Gasteiger partial charge in [-0.3, -0.25) is 9.59 Å². The molecule has 1 amide bonds. The molecule has 0 aromatic carbocycles. The maximum absolute atomic E-state index is 12.4. The summed E-state index contributed by atoms with van der Waals surface area (Å²) in [6.45, 7) is 4.92. The van der Waals surface area contributed by atoms with Crippen molar-refractivity contribution in [1.29, 1.82) is 0 Å². The number of esters is 1. The minimum atomic E-state index is -0.844. The predicted molar refractivity (Wildman–Crippen MR) is 338 cm³/mol. The number of aliphatic hydroxyl groups is 2. The van der Waals surface area contributed by atoms with Crippen molar-refractivity contribution in [3.05, 3.63) is 36.5 Å². The molecule has 0 aliphatic rings. The Bertz CT molecular complexity index is 1250. The van der Waals surface area contributed by atoms with Crippen molar-refractivity contribution >= 4 is 11.9 Å². The second-order valence-electron chi connectivity index (χ2n) is 23.9. The van der Waals surface area contributed by atoms with Gasteiger partial charge in [0.1, 0.15) is 0 Å². The quantitative estimate of drug-likeness (QED) is 0.0320. The van der Waals surface area contributed by atoms with E-state index in [-0.39, 0.29) is 18.5 Å². The third-order valence-corrected chi connectivity index (χ3v) is 16.2. The number of carbonyl (C=O) groups excluding carboxylic acids is 2. The number of unbranched alkanes of at least 4 members (excludes halogenated alkanes) is 50. The molecule has 3 N–H and O–H groups in total. The molecule has 0 saturated heterocycles. The highest BCUT2D eigenvalue weighted by molar-refractivity contribution is 5.76. The van der Waals surface area contributed by atoms with Gasteiger partial charge >= 0.3 is 5.97 Å². The first-order valence-electron chi connectivity index (χ1n) is 34.8. The van der Waals surface area contributed by atoms with Crippen molar-refractivity contribution in [3.63, 3.8) is 0 Å². The van der Waals surface area contributed by atoms with Crippen molar-refractivity contribution in [1.82, 2.24) is 5.32 Å². The number of rotatable bonds is 65. The molecule has 2 atom stereocenters. The zero-order valence-corrected chi connectivity index (χ0v) is 52.0. The molecule has 0 fully saturated rings. The maximum Gasteiger partial charge on any atom is 0.305 e. The summed E-state index contributed by atoms with van der Waals surface area (Å²) < 4.78 is 5.51. The first kappa shape index (κ1) is 75.1. The van der Waals surface area contributed by atoms with Gasteiger partial charge in [-0.15, -0.1) is 0 Å². The zero-order chi connectivity index (χ0) is 55.7. The summed E-state index contributed by atoms with van der Waals surface area (Å²) in [5.74, 6) is -0.0518. The molecule has 77 heavy (non-hydrogen) atoms. The van der Waals surface area contributed by atoms with E-state index in [9.17, 15) is 19.8 Å². The van der Waals surface area contributed by atoms with E-state index in [2.05, 4.69) is 43.5 Å². The minimum absolute atomic E-state index is 0.0168. The van der Waals surface area contributed by atoms with Gasteiger partial charge in [-0.2, -0.15) is 0 Å². The Morgan fingerprint density at radius 1 is 0.364 bits per heavy atom. The van der Waals surface area contributed by atoms with Gasteiger partial charge in [0.2, 0.25) is 5.91 Å². The van der Waals surface area contributed by atoms with Crippen molar-refractivity contribution in [2.24, 2.45) is 0 Å². The van der Waals surface area contributed by atoms with Crippen molar-refractivity contribution < 1.29 is 24.5 Å². The van der Waals surface area contributed by atoms with Crippen LogP contribution in [0, 0.1) is 0 Å². The second kappa shape index (κ2) is 66.6. The number of hydrogen-bond acceptors (Lipinski definition) is 5. The highest BCUT2D eigenvalue weighted by Crippen LogP contribution is 2.18. The summed E-state index contributed by atoms with van der Waals surface area (Å²) in [6.07, 6.45) is 85.1. The fraction of sp³-hybridized carbons (Fsp3) is 0.887. The van der Waals surface area contributed by atoms with Crippen LogP contribution in [0.2, 0.25) is 0 Å². The first-order valence-corrected chi connectivity index (χ1v) is 34.8. The van der Waals surface area contributed by atoms with Gasteiger partial charge in [0, 0.05) is 12.8 Å². The smallest absolute Gasteiger partial charge is 0.305 e. The lowest BCUT2D eigenvalue weighted by Crippen LogP contribution is -2.45. The largest absolute Gasteiger partial charge is 0.466 e. The van der Waals surface area contributed by atoms with Crippen molar-refractivity contribution in [2.45, 2.75) is 392 Å². The molecule has 0 aromatic rings. The molecule has 0 spiro atoms. The van der Waals surface area contributed by atoms with Gasteiger partial charge in [-0.25, -0.2) is 0 Å². The molecular weight excluding hydrogens is 947 g/mol. The summed E-state index contributed by atoms with van der Waals surface area (Å²) in [5.41, 5.74) is 0. The second-order valence-corrected chi connectivity index (χ2v) is 23.9. The fourth-order valence-electron chi connectivity index (χ4n) is 10.8. The van der Waals surface area contributed by atoms with E-state index in [1.54, 1.807) is 6.08 Å². The lowest BCUT2D eigenvalue weighted by Gasteiger charge is -2.20. The van der Waals surface area contributed by atoms with E-state index in [4.69, 9.17) is 4.74 Å². The fourth-order valence-corrected chi connectivity index (χ4v) is 10.8. The number of carbonyl (C=O) groups is 2. The Kier molecular flexibility index (Phi) is 64.9. The Balaban J connectivity index is 3.38. The molecule has 0 heterocycles. The molecule has 0 rings (SSSR count). The minimum Gasteiger partial charge on any atom is -0.466 e. The Morgan fingerprint density at radius 3 is 0.987 bits per heavy atom. The predicted octanol–water partition coefficient (Wildman–Crippen LogP) is 22.3. The van der Waals surface area contributed by atoms with E-state index in [0.717, 1.165) is 44.9 Å². The normalized spacial score (nSPS) is 12.7. The molecule has 454 valence electrons. The molecule has 0 bridgehead atoms. The van der Waals surface area contributed by atoms with Crippen LogP contribution in [0.3, 0.4) is 0 Å². The number of ether oxygens (including phenoxy) is 1. The van der Waals surface area contributed by atoms with Gasteiger partial charge in [-0.05, 0) is 64.2 Å². The molecule has 6 heteroatoms. The number of nitrogens with one attached hydrogen (secondary N) is 1. The van der Waals surface area contributed by atoms with Gasteiger partial charge < -0.3 is 20.3 Å². The lowest BCUT2D eigenvalue weighted by molar-refractivity contribution is -0.143. The molecule has 0 aliphatic carbocycles. The molecule has 6 nitrogen and oxygen atoms in total. The Hall–Kier alpha value is -1.92. The number of allylic oxidation sites excluding steroid dienone is 5. The average molecular weight is 1080 g/mol. The average Bonchev–Trinajstić information content (AvgIpc) is 3.43. The molecule has 0 saturated carbocycles. The summed E-state index contributed by atoms with van der Waals surface area (Å²) in [6, 6.07) is -0.628. The van der Waals surface area contributed by atoms with Crippen molar-refractivity contribution in [3.8, 4) is 0 Å². The van der Waals surface area contributed by atoms with E-state index in [0.29, 0.717) is 19.4 Å². The highest BCUT2D eigenvalue weighted by atomic mass is 16.5. The van der Waals surface area contributed by atoms with Crippen LogP contribution < -0.4 is 5.32 Å². The Labute approximate surface area is 481 Å². The molecule has 0 radical (unpaired) electrons. The van der Waals surface area contributed by atoms with Crippen LogP contribution in [-0.4, -0.2) is 47.4 Å². The zero-order valence-electron chi connectivity index (χ0n) is 52.0. The van der Waals surface area contributed by atoms with Gasteiger partial charge in [0.25, 0.3) is 0 Å². The molecular formula is C71H135NO5. The third kappa shape index (κ3) is 63.1. The SMILES string of the molecule is CCCCCCCCCCCC/C=C/C(O)C(CO)NC(=O)CCCCCCCCCCCCCCC/C=C\C/C=C\CCCCCCCCCCCOC(=O)CCCCCCCCCCCCCCCCCCCCC. The molecule has 0 aromatic heterocycles. The topological polar surface area (TPSA) is 95.9 Å². The summed E-state index contributed by atoms with van der Waals surface area (Å²) in [7, 11) is 0. The van der Waals surface area contributed by atoms with Crippen molar-refractivity contribution in [2.75, 3.05) is 13.2 Å². The maximum atomic E-state index is 12.4. The van der Waals surface area contributed by atoms with E-state index >= 15 is 0 Å². The lowest BCUT2D eigenvalue weighted by atomic mass is 10.0. The van der Waals surface area contributed by atoms with Crippen LogP contribution in [0.5, 0.6) is 0 Å². The van der Waals surface area contributed by atoms with Crippen LogP contribution in [0.15, 0.2) is 36.5 Å². The van der Waals surface area contributed by atoms with Crippen LogP contribution in [0.1, 0.15) is 380 Å². The van der Waals surface area contributed by atoms with Gasteiger partial charge in [0.05, 0.1) is 25.4 Å². The van der Waals surface area contributed by atoms with E-state index in [1.807, 2.05) is 6.08 Å².